The van der Waals surface area contributed by atoms with Gasteiger partial charge in [0.25, 0.3) is 0 Å². The molecule has 1 aromatic heterocycles. The second-order valence-corrected chi connectivity index (χ2v) is 2.74. The van der Waals surface area contributed by atoms with E-state index in [9.17, 15) is 4.79 Å². The molecule has 0 aliphatic heterocycles. The van der Waals surface area contributed by atoms with Crippen LogP contribution in [-0.2, 0) is 4.74 Å². The number of rotatable bonds is 6. The van der Waals surface area contributed by atoms with Crippen LogP contribution in [0.4, 0.5) is 0 Å². The minimum absolute atomic E-state index is 0.126. The summed E-state index contributed by atoms with van der Waals surface area (Å²) in [5.74, 6) is -0.907. The molecule has 0 aliphatic rings. The van der Waals surface area contributed by atoms with E-state index in [2.05, 4.69) is 9.97 Å². The van der Waals surface area contributed by atoms with Crippen LogP contribution < -0.4 is 4.74 Å². The third-order valence-corrected chi connectivity index (χ3v) is 1.57. The Balaban J connectivity index is 2.47. The van der Waals surface area contributed by atoms with E-state index in [-0.39, 0.29) is 11.6 Å². The maximum Gasteiger partial charge on any atom is 0.356 e. The second-order valence-electron chi connectivity index (χ2n) is 2.74. The summed E-state index contributed by atoms with van der Waals surface area (Å²) in [6.07, 6.45) is 3.26. The monoisotopic (exact) mass is 212 g/mol. The third-order valence-electron chi connectivity index (χ3n) is 1.57. The van der Waals surface area contributed by atoms with Crippen molar-refractivity contribution in [1.29, 1.82) is 0 Å². The van der Waals surface area contributed by atoms with Crippen molar-refractivity contribution >= 4 is 5.97 Å². The predicted octanol–water partition coefficient (Wildman–Crippen LogP) is 0.590. The van der Waals surface area contributed by atoms with Gasteiger partial charge >= 0.3 is 5.97 Å². The van der Waals surface area contributed by atoms with Crippen molar-refractivity contribution < 1.29 is 19.4 Å². The normalized spacial score (nSPS) is 9.93. The van der Waals surface area contributed by atoms with Crippen molar-refractivity contribution in [2.75, 3.05) is 20.3 Å². The standard InChI is InChI=1S/C9H12N2O4/c1-14-3-2-4-15-8-6-10-5-7(11-8)9(12)13/h5-6H,2-4H2,1H3,(H,12,13). The summed E-state index contributed by atoms with van der Waals surface area (Å²) in [5.41, 5.74) is -0.126. The average Bonchev–Trinajstić information content (AvgIpc) is 2.25. The smallest absolute Gasteiger partial charge is 0.356 e. The first-order chi connectivity index (χ1) is 7.24. The Morgan fingerprint density at radius 1 is 1.47 bits per heavy atom. The Labute approximate surface area is 86.9 Å². The van der Waals surface area contributed by atoms with E-state index in [1.165, 1.54) is 12.4 Å². The molecular formula is C9H12N2O4. The lowest BCUT2D eigenvalue weighted by molar-refractivity contribution is 0.0688. The Hall–Kier alpha value is -1.69. The minimum atomic E-state index is -1.12. The summed E-state index contributed by atoms with van der Waals surface area (Å²) in [6, 6.07) is 0. The van der Waals surface area contributed by atoms with Gasteiger partial charge in [0, 0.05) is 20.1 Å². The Morgan fingerprint density at radius 3 is 2.93 bits per heavy atom. The number of carbonyl (C=O) groups is 1. The fraction of sp³-hybridized carbons (Fsp3) is 0.444. The van der Waals surface area contributed by atoms with Crippen LogP contribution in [0.25, 0.3) is 0 Å². The van der Waals surface area contributed by atoms with Crippen LogP contribution in [0.1, 0.15) is 16.9 Å². The van der Waals surface area contributed by atoms with E-state index >= 15 is 0 Å². The molecule has 0 radical (unpaired) electrons. The lowest BCUT2D eigenvalue weighted by Gasteiger charge is -2.04. The number of nitrogens with zero attached hydrogens (tertiary/aromatic N) is 2. The van der Waals surface area contributed by atoms with Crippen LogP contribution in [-0.4, -0.2) is 41.4 Å². The van der Waals surface area contributed by atoms with E-state index in [1.54, 1.807) is 7.11 Å². The molecule has 1 aromatic rings. The van der Waals surface area contributed by atoms with Gasteiger partial charge in [-0.25, -0.2) is 9.78 Å². The molecular weight excluding hydrogens is 200 g/mol. The van der Waals surface area contributed by atoms with Gasteiger partial charge in [-0.2, -0.15) is 0 Å². The Morgan fingerprint density at radius 2 is 2.27 bits per heavy atom. The van der Waals surface area contributed by atoms with Gasteiger partial charge in [-0.1, -0.05) is 0 Å². The molecule has 1 rings (SSSR count). The van der Waals surface area contributed by atoms with Gasteiger partial charge in [0.15, 0.2) is 5.69 Å². The highest BCUT2D eigenvalue weighted by Crippen LogP contribution is 2.05. The van der Waals surface area contributed by atoms with Crippen molar-refractivity contribution in [2.24, 2.45) is 0 Å². The number of carboxylic acid groups (broad SMARTS) is 1. The molecule has 1 N–H and O–H groups in total. The minimum Gasteiger partial charge on any atom is -0.476 e. The van der Waals surface area contributed by atoms with Crippen molar-refractivity contribution in [2.45, 2.75) is 6.42 Å². The van der Waals surface area contributed by atoms with Crippen LogP contribution in [0, 0.1) is 0 Å². The number of ether oxygens (including phenoxy) is 2. The zero-order valence-corrected chi connectivity index (χ0v) is 8.34. The molecule has 1 heterocycles. The molecule has 0 amide bonds. The molecule has 6 nitrogen and oxygen atoms in total. The fourth-order valence-electron chi connectivity index (χ4n) is 0.901. The van der Waals surface area contributed by atoms with Gasteiger partial charge in [-0.05, 0) is 0 Å². The van der Waals surface area contributed by atoms with E-state index in [0.717, 1.165) is 6.42 Å². The molecule has 0 saturated carbocycles. The number of hydrogen-bond donors (Lipinski definition) is 1. The summed E-state index contributed by atoms with van der Waals surface area (Å²) in [4.78, 5) is 18.0. The van der Waals surface area contributed by atoms with E-state index in [0.29, 0.717) is 13.2 Å². The largest absolute Gasteiger partial charge is 0.476 e. The maximum absolute atomic E-state index is 10.6. The molecule has 0 aromatic carbocycles. The first kappa shape index (κ1) is 11.4. The first-order valence-electron chi connectivity index (χ1n) is 4.41. The van der Waals surface area contributed by atoms with Gasteiger partial charge < -0.3 is 14.6 Å². The van der Waals surface area contributed by atoms with E-state index < -0.39 is 5.97 Å². The van der Waals surface area contributed by atoms with Crippen LogP contribution in [0.3, 0.4) is 0 Å². The lowest BCUT2D eigenvalue weighted by Crippen LogP contribution is -2.06. The highest BCUT2D eigenvalue weighted by molar-refractivity contribution is 5.84. The molecule has 15 heavy (non-hydrogen) atoms. The highest BCUT2D eigenvalue weighted by Gasteiger charge is 2.06. The maximum atomic E-state index is 10.6. The van der Waals surface area contributed by atoms with Gasteiger partial charge in [0.1, 0.15) is 0 Å². The van der Waals surface area contributed by atoms with Crippen molar-refractivity contribution in [3.05, 3.63) is 18.1 Å². The summed E-state index contributed by atoms with van der Waals surface area (Å²) in [5, 5.41) is 8.64. The van der Waals surface area contributed by atoms with Gasteiger partial charge in [0.05, 0.1) is 19.0 Å². The molecule has 0 aliphatic carbocycles. The highest BCUT2D eigenvalue weighted by atomic mass is 16.5. The quantitative estimate of drug-likeness (QED) is 0.695. The van der Waals surface area contributed by atoms with Gasteiger partial charge in [0.2, 0.25) is 5.88 Å². The summed E-state index contributed by atoms with van der Waals surface area (Å²) in [7, 11) is 1.60. The summed E-state index contributed by atoms with van der Waals surface area (Å²) >= 11 is 0. The van der Waals surface area contributed by atoms with E-state index in [4.69, 9.17) is 14.6 Å². The van der Waals surface area contributed by atoms with Gasteiger partial charge in [-0.15, -0.1) is 0 Å². The number of aromatic carboxylic acids is 1. The van der Waals surface area contributed by atoms with Crippen LogP contribution in [0.15, 0.2) is 12.4 Å². The van der Waals surface area contributed by atoms with Crippen molar-refractivity contribution in [3.8, 4) is 5.88 Å². The molecule has 0 saturated heterocycles. The predicted molar refractivity (Wildman–Crippen MR) is 51.0 cm³/mol. The molecule has 0 unspecified atom stereocenters. The molecule has 0 atom stereocenters. The Bertz CT molecular complexity index is 330. The number of aromatic nitrogens is 2. The zero-order valence-electron chi connectivity index (χ0n) is 8.34. The van der Waals surface area contributed by atoms with E-state index in [1.807, 2.05) is 0 Å². The number of carboxylic acids is 1. The fourth-order valence-corrected chi connectivity index (χ4v) is 0.901. The van der Waals surface area contributed by atoms with Crippen LogP contribution >= 0.6 is 0 Å². The SMILES string of the molecule is COCCCOc1cncc(C(=O)O)n1. The van der Waals surface area contributed by atoms with Crippen LogP contribution in [0.5, 0.6) is 5.88 Å². The lowest BCUT2D eigenvalue weighted by atomic mass is 10.4. The van der Waals surface area contributed by atoms with Gasteiger partial charge in [-0.3, -0.25) is 4.98 Å². The molecule has 6 heteroatoms. The third kappa shape index (κ3) is 3.90. The Kier molecular flexibility index (Phi) is 4.49. The first-order valence-corrected chi connectivity index (χ1v) is 4.41. The topological polar surface area (TPSA) is 81.5 Å². The van der Waals surface area contributed by atoms with Crippen molar-refractivity contribution in [3.63, 3.8) is 0 Å². The molecule has 0 spiro atoms. The summed E-state index contributed by atoms with van der Waals surface area (Å²) in [6.45, 7) is 1.01. The second kappa shape index (κ2) is 5.92. The molecule has 0 fully saturated rings. The zero-order chi connectivity index (χ0) is 11.1. The number of hydrogen-bond acceptors (Lipinski definition) is 5. The van der Waals surface area contributed by atoms with Crippen LogP contribution in [0.2, 0.25) is 0 Å². The number of methoxy groups -OCH3 is 1. The average molecular weight is 212 g/mol. The summed E-state index contributed by atoms with van der Waals surface area (Å²) < 4.78 is 10.0. The molecule has 0 bridgehead atoms. The van der Waals surface area contributed by atoms with Crippen molar-refractivity contribution in [1.82, 2.24) is 9.97 Å². The molecule has 82 valence electrons.